The lowest BCUT2D eigenvalue weighted by atomic mass is 10.1. The van der Waals surface area contributed by atoms with E-state index in [2.05, 4.69) is 0 Å². The number of likely N-dealkylation sites (tertiary alicyclic amines) is 1. The number of carbonyl (C=O) groups is 1. The fourth-order valence-electron chi connectivity index (χ4n) is 2.46. The Labute approximate surface area is 115 Å². The lowest BCUT2D eigenvalue weighted by Crippen LogP contribution is -2.41. The van der Waals surface area contributed by atoms with E-state index in [1.807, 2.05) is 24.3 Å². The quantitative estimate of drug-likeness (QED) is 0.784. The molecule has 1 aromatic carbocycles. The van der Waals surface area contributed by atoms with Gasteiger partial charge in [-0.15, -0.1) is 11.3 Å². The number of aliphatic hydroxyl groups is 1. The number of fused-ring (bicyclic) bond motifs is 1. The van der Waals surface area contributed by atoms with E-state index >= 15 is 0 Å². The van der Waals surface area contributed by atoms with Crippen LogP contribution in [0.1, 0.15) is 22.5 Å². The van der Waals surface area contributed by atoms with Crippen molar-refractivity contribution in [2.24, 2.45) is 0 Å². The molecule has 0 aliphatic carbocycles. The third-order valence-corrected chi connectivity index (χ3v) is 4.54. The fourth-order valence-corrected chi connectivity index (χ4v) is 3.47. The van der Waals surface area contributed by atoms with Crippen LogP contribution >= 0.6 is 11.3 Å². The molecule has 19 heavy (non-hydrogen) atoms. The molecule has 0 saturated carbocycles. The van der Waals surface area contributed by atoms with Crippen molar-refractivity contribution >= 4 is 33.0 Å². The Hall–Kier alpha value is -1.59. The summed E-state index contributed by atoms with van der Waals surface area (Å²) in [6.07, 6.45) is 1.26. The second kappa shape index (κ2) is 4.83. The van der Waals surface area contributed by atoms with Gasteiger partial charge in [-0.25, -0.2) is 0 Å². The molecule has 0 unspecified atom stereocenters. The van der Waals surface area contributed by atoms with Crippen LogP contribution in [-0.2, 0) is 0 Å². The first-order valence-corrected chi connectivity index (χ1v) is 7.21. The van der Waals surface area contributed by atoms with Crippen molar-refractivity contribution in [2.75, 3.05) is 18.8 Å². The van der Waals surface area contributed by atoms with E-state index in [1.54, 1.807) is 4.90 Å². The molecule has 2 aromatic rings. The Morgan fingerprint density at radius 3 is 3.05 bits per heavy atom. The van der Waals surface area contributed by atoms with Crippen molar-refractivity contribution in [1.29, 1.82) is 0 Å². The number of nitrogen functional groups attached to an aromatic ring is 1. The molecular formula is C14H16N2O2S. The van der Waals surface area contributed by atoms with Crippen molar-refractivity contribution in [2.45, 2.75) is 18.9 Å². The summed E-state index contributed by atoms with van der Waals surface area (Å²) in [5, 5.41) is 10.7. The molecule has 1 amide bonds. The van der Waals surface area contributed by atoms with Crippen LogP contribution in [0, 0.1) is 0 Å². The molecule has 100 valence electrons. The molecule has 3 rings (SSSR count). The van der Waals surface area contributed by atoms with Gasteiger partial charge in [0.15, 0.2) is 0 Å². The first kappa shape index (κ1) is 12.4. The van der Waals surface area contributed by atoms with Gasteiger partial charge in [0.1, 0.15) is 0 Å². The summed E-state index contributed by atoms with van der Waals surface area (Å²) in [5.74, 6) is 0.0125. The summed E-state index contributed by atoms with van der Waals surface area (Å²) in [6.45, 7) is 1.17. The summed E-state index contributed by atoms with van der Waals surface area (Å²) in [4.78, 5) is 14.8. The highest BCUT2D eigenvalue weighted by Crippen LogP contribution is 2.28. The molecule has 1 aliphatic heterocycles. The van der Waals surface area contributed by atoms with Crippen molar-refractivity contribution in [3.05, 3.63) is 29.1 Å². The number of benzene rings is 1. The maximum Gasteiger partial charge on any atom is 0.264 e. The van der Waals surface area contributed by atoms with Gasteiger partial charge in [-0.3, -0.25) is 4.79 Å². The van der Waals surface area contributed by atoms with E-state index in [0.717, 1.165) is 34.3 Å². The maximum absolute atomic E-state index is 12.4. The number of thiophene rings is 1. The summed E-state index contributed by atoms with van der Waals surface area (Å²) in [7, 11) is 0. The van der Waals surface area contributed by atoms with E-state index in [-0.39, 0.29) is 12.0 Å². The highest BCUT2D eigenvalue weighted by molar-refractivity contribution is 7.20. The molecule has 4 nitrogen and oxygen atoms in total. The topological polar surface area (TPSA) is 66.6 Å². The normalized spacial score (nSPS) is 19.8. The minimum Gasteiger partial charge on any atom is -0.399 e. The third-order valence-electron chi connectivity index (χ3n) is 3.43. The number of piperidine rings is 1. The standard InChI is InChI=1S/C14H16N2O2S/c15-10-3-4-12-9(6-10)7-13(19-12)14(18)16-5-1-2-11(17)8-16/h3-4,6-7,11,17H,1-2,5,8,15H2/t11-/m0/s1. The van der Waals surface area contributed by atoms with Gasteiger partial charge in [-0.2, -0.15) is 0 Å². The Kier molecular flexibility index (Phi) is 3.16. The average molecular weight is 276 g/mol. The highest BCUT2D eigenvalue weighted by Gasteiger charge is 2.24. The number of amides is 1. The lowest BCUT2D eigenvalue weighted by Gasteiger charge is -2.29. The highest BCUT2D eigenvalue weighted by atomic mass is 32.1. The summed E-state index contributed by atoms with van der Waals surface area (Å²) >= 11 is 1.48. The largest absolute Gasteiger partial charge is 0.399 e. The number of aliphatic hydroxyl groups excluding tert-OH is 1. The first-order valence-electron chi connectivity index (χ1n) is 6.40. The summed E-state index contributed by atoms with van der Waals surface area (Å²) in [5.41, 5.74) is 6.45. The van der Waals surface area contributed by atoms with Gasteiger partial charge >= 0.3 is 0 Å². The van der Waals surface area contributed by atoms with Crippen LogP contribution in [0.15, 0.2) is 24.3 Å². The zero-order valence-corrected chi connectivity index (χ0v) is 11.3. The second-order valence-electron chi connectivity index (χ2n) is 4.96. The molecule has 1 saturated heterocycles. The molecule has 1 fully saturated rings. The number of carbonyl (C=O) groups excluding carboxylic acids is 1. The van der Waals surface area contributed by atoms with Crippen LogP contribution in [0.3, 0.4) is 0 Å². The van der Waals surface area contributed by atoms with Crippen LogP contribution in [0.25, 0.3) is 10.1 Å². The van der Waals surface area contributed by atoms with Crippen molar-refractivity contribution in [1.82, 2.24) is 4.90 Å². The van der Waals surface area contributed by atoms with Crippen LogP contribution < -0.4 is 5.73 Å². The van der Waals surface area contributed by atoms with Gasteiger partial charge in [-0.05, 0) is 42.5 Å². The van der Waals surface area contributed by atoms with Gasteiger partial charge in [0, 0.05) is 23.5 Å². The summed E-state index contributed by atoms with van der Waals surface area (Å²) in [6, 6.07) is 7.56. The van der Waals surface area contributed by atoms with Crippen LogP contribution in [-0.4, -0.2) is 35.1 Å². The maximum atomic E-state index is 12.4. The van der Waals surface area contributed by atoms with Gasteiger partial charge in [-0.1, -0.05) is 0 Å². The van der Waals surface area contributed by atoms with Crippen molar-refractivity contribution in [3.63, 3.8) is 0 Å². The van der Waals surface area contributed by atoms with Crippen molar-refractivity contribution < 1.29 is 9.90 Å². The molecule has 0 radical (unpaired) electrons. The average Bonchev–Trinajstić information content (AvgIpc) is 2.80. The monoisotopic (exact) mass is 276 g/mol. The molecule has 1 aliphatic rings. The van der Waals surface area contributed by atoms with Gasteiger partial charge in [0.05, 0.1) is 11.0 Å². The fraction of sp³-hybridized carbons (Fsp3) is 0.357. The van der Waals surface area contributed by atoms with Gasteiger partial charge in [0.25, 0.3) is 5.91 Å². The zero-order chi connectivity index (χ0) is 13.4. The molecule has 3 N–H and O–H groups in total. The minimum absolute atomic E-state index is 0.0125. The number of hydrogen-bond donors (Lipinski definition) is 2. The Morgan fingerprint density at radius 1 is 1.42 bits per heavy atom. The second-order valence-corrected chi connectivity index (χ2v) is 6.04. The molecule has 1 atom stereocenters. The first-order chi connectivity index (χ1) is 9.13. The molecule has 1 aromatic heterocycles. The smallest absolute Gasteiger partial charge is 0.264 e. The van der Waals surface area contributed by atoms with E-state index in [0.29, 0.717) is 12.2 Å². The predicted octanol–water partition coefficient (Wildman–Crippen LogP) is 2.08. The Morgan fingerprint density at radius 2 is 2.26 bits per heavy atom. The predicted molar refractivity (Wildman–Crippen MR) is 77.4 cm³/mol. The zero-order valence-electron chi connectivity index (χ0n) is 10.5. The number of rotatable bonds is 1. The number of nitrogens with zero attached hydrogens (tertiary/aromatic N) is 1. The molecule has 5 heteroatoms. The van der Waals surface area contributed by atoms with Crippen LogP contribution in [0.4, 0.5) is 5.69 Å². The molecular weight excluding hydrogens is 260 g/mol. The van der Waals surface area contributed by atoms with E-state index < -0.39 is 0 Å². The summed E-state index contributed by atoms with van der Waals surface area (Å²) < 4.78 is 1.06. The number of nitrogens with two attached hydrogens (primary N) is 1. The van der Waals surface area contributed by atoms with Gasteiger partial charge < -0.3 is 15.7 Å². The SMILES string of the molecule is Nc1ccc2sc(C(=O)N3CCC[C@H](O)C3)cc2c1. The third kappa shape index (κ3) is 2.43. The van der Waals surface area contributed by atoms with Crippen LogP contribution in [0.2, 0.25) is 0 Å². The van der Waals surface area contributed by atoms with Crippen molar-refractivity contribution in [3.8, 4) is 0 Å². The van der Waals surface area contributed by atoms with E-state index in [4.69, 9.17) is 5.73 Å². The molecule has 2 heterocycles. The van der Waals surface area contributed by atoms with Crippen LogP contribution in [0.5, 0.6) is 0 Å². The Balaban J connectivity index is 1.88. The minimum atomic E-state index is -0.386. The van der Waals surface area contributed by atoms with E-state index in [1.165, 1.54) is 11.3 Å². The number of β-amino-alcohol motifs (C(OH)–C–C–N with tert-alkyl or cyclic N) is 1. The number of hydrogen-bond acceptors (Lipinski definition) is 4. The number of anilines is 1. The van der Waals surface area contributed by atoms with E-state index in [9.17, 15) is 9.90 Å². The molecule has 0 bridgehead atoms. The molecule has 0 spiro atoms. The Bertz CT molecular complexity index is 623. The lowest BCUT2D eigenvalue weighted by molar-refractivity contribution is 0.0478. The van der Waals surface area contributed by atoms with Gasteiger partial charge in [0.2, 0.25) is 0 Å².